The van der Waals surface area contributed by atoms with E-state index in [1.165, 1.54) is 0 Å². The van der Waals surface area contributed by atoms with Crippen molar-refractivity contribution in [3.63, 3.8) is 0 Å². The first kappa shape index (κ1) is 17.2. The highest BCUT2D eigenvalue weighted by Gasteiger charge is 2.21. The molecular formula is C11H22N4O4. The second-order valence-corrected chi connectivity index (χ2v) is 4.68. The molecule has 8 heteroatoms. The van der Waals surface area contributed by atoms with Crippen molar-refractivity contribution in [1.29, 1.82) is 0 Å². The molecule has 0 rings (SSSR count). The molecule has 0 saturated heterocycles. The number of carbonyl (C=O) groups is 3. The van der Waals surface area contributed by atoms with E-state index in [1.54, 1.807) is 6.92 Å². The minimum atomic E-state index is -1.20. The molecule has 0 aliphatic heterocycles. The number of carbonyl (C=O) groups excluding carboxylic acids is 2. The van der Waals surface area contributed by atoms with E-state index in [0.717, 1.165) is 0 Å². The van der Waals surface area contributed by atoms with Crippen molar-refractivity contribution < 1.29 is 19.5 Å². The summed E-state index contributed by atoms with van der Waals surface area (Å²) < 4.78 is 0. The van der Waals surface area contributed by atoms with Crippen LogP contribution >= 0.6 is 0 Å². The number of hydrogen-bond acceptors (Lipinski definition) is 4. The maximum atomic E-state index is 11.6. The molecule has 0 spiro atoms. The van der Waals surface area contributed by atoms with Gasteiger partial charge in [-0.05, 0) is 27.4 Å². The monoisotopic (exact) mass is 274 g/mol. The number of nitrogens with zero attached hydrogens (tertiary/aromatic N) is 1. The van der Waals surface area contributed by atoms with Crippen molar-refractivity contribution in [3.8, 4) is 0 Å². The smallest absolute Gasteiger partial charge is 0.326 e. The number of amides is 3. The highest BCUT2D eigenvalue weighted by molar-refractivity contribution is 5.83. The van der Waals surface area contributed by atoms with E-state index in [1.807, 2.05) is 19.0 Å². The third-order valence-electron chi connectivity index (χ3n) is 2.30. The molecule has 0 radical (unpaired) electrons. The highest BCUT2D eigenvalue weighted by atomic mass is 16.4. The molecule has 3 amide bonds. The number of aliphatic carboxylic acids is 1. The summed E-state index contributed by atoms with van der Waals surface area (Å²) in [5.41, 5.74) is 4.94. The fourth-order valence-electron chi connectivity index (χ4n) is 1.56. The number of primary amides is 1. The molecule has 0 aliphatic carbocycles. The van der Waals surface area contributed by atoms with E-state index in [-0.39, 0.29) is 18.9 Å². The number of nitrogens with one attached hydrogen (secondary N) is 2. The van der Waals surface area contributed by atoms with Crippen molar-refractivity contribution in [2.75, 3.05) is 20.6 Å². The molecule has 5 N–H and O–H groups in total. The van der Waals surface area contributed by atoms with Crippen LogP contribution in [0, 0.1) is 0 Å². The Morgan fingerprint density at radius 3 is 2.26 bits per heavy atom. The number of nitrogens with two attached hydrogens (primary N) is 1. The summed E-state index contributed by atoms with van der Waals surface area (Å²) in [5.74, 6) is -1.80. The third kappa shape index (κ3) is 8.83. The highest BCUT2D eigenvalue weighted by Crippen LogP contribution is 1.97. The first-order valence-corrected chi connectivity index (χ1v) is 5.95. The minimum absolute atomic E-state index is 0.0276. The van der Waals surface area contributed by atoms with E-state index >= 15 is 0 Å². The quantitative estimate of drug-likeness (QED) is 0.449. The van der Waals surface area contributed by atoms with E-state index in [2.05, 4.69) is 10.6 Å². The van der Waals surface area contributed by atoms with Gasteiger partial charge in [0.25, 0.3) is 0 Å². The van der Waals surface area contributed by atoms with E-state index in [4.69, 9.17) is 10.8 Å². The van der Waals surface area contributed by atoms with E-state index in [0.29, 0.717) is 6.54 Å². The molecule has 0 aliphatic rings. The number of likely N-dealkylation sites (N-methyl/N-ethyl adjacent to an activating group) is 1. The zero-order valence-electron chi connectivity index (χ0n) is 11.5. The van der Waals surface area contributed by atoms with Crippen LogP contribution in [0.2, 0.25) is 0 Å². The first-order chi connectivity index (χ1) is 8.72. The normalized spacial score (nSPS) is 13.7. The Morgan fingerprint density at radius 2 is 1.84 bits per heavy atom. The van der Waals surface area contributed by atoms with Gasteiger partial charge in [-0.3, -0.25) is 4.79 Å². The van der Waals surface area contributed by atoms with E-state index < -0.39 is 23.9 Å². The topological polar surface area (TPSA) is 125 Å². The Morgan fingerprint density at radius 1 is 1.26 bits per heavy atom. The van der Waals surface area contributed by atoms with Gasteiger partial charge in [-0.15, -0.1) is 0 Å². The Hall–Kier alpha value is -1.83. The second-order valence-electron chi connectivity index (χ2n) is 4.68. The first-order valence-electron chi connectivity index (χ1n) is 5.95. The van der Waals surface area contributed by atoms with E-state index in [9.17, 15) is 14.4 Å². The van der Waals surface area contributed by atoms with Gasteiger partial charge in [-0.2, -0.15) is 0 Å². The van der Waals surface area contributed by atoms with Crippen molar-refractivity contribution in [3.05, 3.63) is 0 Å². The van der Waals surface area contributed by atoms with Gasteiger partial charge in [0.05, 0.1) is 0 Å². The van der Waals surface area contributed by atoms with Crippen LogP contribution in [0.4, 0.5) is 4.79 Å². The predicted molar refractivity (Wildman–Crippen MR) is 69.5 cm³/mol. The molecule has 110 valence electrons. The zero-order valence-corrected chi connectivity index (χ0v) is 11.5. The van der Waals surface area contributed by atoms with Gasteiger partial charge in [0.2, 0.25) is 5.91 Å². The van der Waals surface area contributed by atoms with Crippen molar-refractivity contribution >= 4 is 17.9 Å². The van der Waals surface area contributed by atoms with Crippen LogP contribution in [0.5, 0.6) is 0 Å². The molecular weight excluding hydrogens is 252 g/mol. The lowest BCUT2D eigenvalue weighted by Gasteiger charge is -2.20. The summed E-state index contributed by atoms with van der Waals surface area (Å²) in [6.45, 7) is 2.44. The lowest BCUT2D eigenvalue weighted by Crippen LogP contribution is -2.50. The fourth-order valence-corrected chi connectivity index (χ4v) is 1.56. The van der Waals surface area contributed by atoms with Crippen LogP contribution in [0.1, 0.15) is 19.8 Å². The van der Waals surface area contributed by atoms with Crippen molar-refractivity contribution in [2.24, 2.45) is 5.73 Å². The Bertz CT molecular complexity index is 333. The fraction of sp³-hybridized carbons (Fsp3) is 0.727. The second kappa shape index (κ2) is 8.30. The number of carboxylic acid groups (broad SMARTS) is 1. The maximum absolute atomic E-state index is 11.6. The van der Waals surface area contributed by atoms with Gasteiger partial charge in [0.1, 0.15) is 6.04 Å². The zero-order chi connectivity index (χ0) is 15.0. The van der Waals surface area contributed by atoms with Gasteiger partial charge >= 0.3 is 12.0 Å². The van der Waals surface area contributed by atoms with Crippen LogP contribution in [0.3, 0.4) is 0 Å². The molecule has 0 heterocycles. The summed E-state index contributed by atoms with van der Waals surface area (Å²) in [4.78, 5) is 35.0. The summed E-state index contributed by atoms with van der Waals surface area (Å²) in [7, 11) is 3.73. The molecule has 8 nitrogen and oxygen atoms in total. The number of hydrogen-bond donors (Lipinski definition) is 4. The molecule has 0 bridgehead atoms. The largest absolute Gasteiger partial charge is 0.480 e. The Labute approximate surface area is 112 Å². The van der Waals surface area contributed by atoms with Crippen LogP contribution in [-0.2, 0) is 9.59 Å². The third-order valence-corrected chi connectivity index (χ3v) is 2.30. The van der Waals surface area contributed by atoms with Crippen molar-refractivity contribution in [1.82, 2.24) is 15.5 Å². The molecule has 0 aromatic heterocycles. The standard InChI is InChI=1S/C11H22N4O4/c1-7(6-15(2)3)13-11(19)14-8(10(17)18)4-5-9(12)16/h7-8H,4-6H2,1-3H3,(H2,12,16)(H,17,18)(H2,13,14,19). The molecule has 0 aromatic rings. The van der Waals surface area contributed by atoms with Gasteiger partial charge in [-0.25, -0.2) is 9.59 Å². The lowest BCUT2D eigenvalue weighted by molar-refractivity contribution is -0.139. The summed E-state index contributed by atoms with van der Waals surface area (Å²) in [5, 5.41) is 13.8. The predicted octanol–water partition coefficient (Wildman–Crippen LogP) is -1.05. The number of urea groups is 1. The molecule has 2 unspecified atom stereocenters. The van der Waals surface area contributed by atoms with Crippen LogP contribution in [-0.4, -0.2) is 60.6 Å². The molecule has 0 aromatic carbocycles. The Balaban J connectivity index is 4.23. The van der Waals surface area contributed by atoms with Crippen molar-refractivity contribution in [2.45, 2.75) is 31.8 Å². The van der Waals surface area contributed by atoms with Crippen LogP contribution < -0.4 is 16.4 Å². The summed E-state index contributed by atoms with van der Waals surface area (Å²) in [6, 6.07) is -1.83. The lowest BCUT2D eigenvalue weighted by atomic mass is 10.1. The molecule has 19 heavy (non-hydrogen) atoms. The van der Waals surface area contributed by atoms with Crippen LogP contribution in [0.15, 0.2) is 0 Å². The molecule has 0 saturated carbocycles. The average molecular weight is 274 g/mol. The van der Waals surface area contributed by atoms with Gasteiger partial charge in [-0.1, -0.05) is 0 Å². The van der Waals surface area contributed by atoms with Crippen LogP contribution in [0.25, 0.3) is 0 Å². The molecule has 0 fully saturated rings. The van der Waals surface area contributed by atoms with Gasteiger partial charge in [0, 0.05) is 19.0 Å². The molecule has 2 atom stereocenters. The van der Waals surface area contributed by atoms with Gasteiger partial charge < -0.3 is 26.4 Å². The number of carboxylic acids is 1. The SMILES string of the molecule is CC(CN(C)C)NC(=O)NC(CCC(N)=O)C(=O)O. The minimum Gasteiger partial charge on any atom is -0.480 e. The maximum Gasteiger partial charge on any atom is 0.326 e. The van der Waals surface area contributed by atoms with Gasteiger partial charge in [0.15, 0.2) is 0 Å². The summed E-state index contributed by atoms with van der Waals surface area (Å²) >= 11 is 0. The number of rotatable bonds is 8. The Kier molecular flexibility index (Phi) is 7.50. The summed E-state index contributed by atoms with van der Waals surface area (Å²) in [6.07, 6.45) is -0.120. The average Bonchev–Trinajstić information content (AvgIpc) is 2.21.